The highest BCUT2D eigenvalue weighted by Crippen LogP contribution is 2.28. The summed E-state index contributed by atoms with van der Waals surface area (Å²) in [6, 6.07) is 10.5. The van der Waals surface area contributed by atoms with Crippen LogP contribution in [0.15, 0.2) is 36.4 Å². The molecule has 29 heavy (non-hydrogen) atoms. The molecule has 1 aromatic heterocycles. The highest BCUT2D eigenvalue weighted by molar-refractivity contribution is 5.98. The van der Waals surface area contributed by atoms with Gasteiger partial charge in [0.1, 0.15) is 5.69 Å². The maximum atomic E-state index is 13.0. The molecule has 1 saturated carbocycles. The van der Waals surface area contributed by atoms with Gasteiger partial charge in [0.2, 0.25) is 5.91 Å². The van der Waals surface area contributed by atoms with Gasteiger partial charge in [0.25, 0.3) is 11.8 Å². The van der Waals surface area contributed by atoms with Gasteiger partial charge in [-0.25, -0.2) is 4.68 Å². The normalized spacial score (nSPS) is 19.0. The fourth-order valence-corrected chi connectivity index (χ4v) is 3.68. The fraction of sp³-hybridized carbons (Fsp3) is 0.429. The van der Waals surface area contributed by atoms with Crippen LogP contribution in [-0.4, -0.2) is 52.0 Å². The van der Waals surface area contributed by atoms with Gasteiger partial charge in [0.05, 0.1) is 11.6 Å². The van der Waals surface area contributed by atoms with Gasteiger partial charge >= 0.3 is 0 Å². The molecular formula is C21H25N5O3. The first-order valence-electron chi connectivity index (χ1n) is 10.0. The number of hydrogen-bond donors (Lipinski definition) is 2. The number of likely N-dealkylation sites (tertiary alicyclic amines) is 1. The summed E-state index contributed by atoms with van der Waals surface area (Å²) in [5.41, 5.74) is 6.44. The molecule has 3 N–H and O–H groups in total. The van der Waals surface area contributed by atoms with Crippen LogP contribution in [0.4, 0.5) is 0 Å². The molecule has 1 aliphatic heterocycles. The number of nitrogens with one attached hydrogen (secondary N) is 1. The van der Waals surface area contributed by atoms with Gasteiger partial charge in [-0.1, -0.05) is 18.2 Å². The molecule has 0 radical (unpaired) electrons. The second-order valence-electron chi connectivity index (χ2n) is 7.81. The van der Waals surface area contributed by atoms with Gasteiger partial charge in [0, 0.05) is 25.7 Å². The maximum Gasteiger partial charge on any atom is 0.274 e. The molecule has 2 aliphatic rings. The zero-order chi connectivity index (χ0) is 20.4. The lowest BCUT2D eigenvalue weighted by molar-refractivity contribution is -0.126. The van der Waals surface area contributed by atoms with E-state index in [1.807, 2.05) is 18.2 Å². The summed E-state index contributed by atoms with van der Waals surface area (Å²) in [6.07, 6.45) is 3.89. The molecule has 1 saturated heterocycles. The van der Waals surface area contributed by atoms with Gasteiger partial charge in [0.15, 0.2) is 5.69 Å². The van der Waals surface area contributed by atoms with Crippen LogP contribution in [0.1, 0.15) is 46.7 Å². The first kappa shape index (κ1) is 19.2. The van der Waals surface area contributed by atoms with Crippen LogP contribution in [0.5, 0.6) is 0 Å². The van der Waals surface area contributed by atoms with Crippen LogP contribution in [0.2, 0.25) is 0 Å². The van der Waals surface area contributed by atoms with Crippen LogP contribution in [0.25, 0.3) is 5.69 Å². The maximum absolute atomic E-state index is 13.0. The van der Waals surface area contributed by atoms with E-state index < -0.39 is 5.91 Å². The minimum Gasteiger partial charge on any atom is -0.364 e. The van der Waals surface area contributed by atoms with E-state index in [0.29, 0.717) is 24.7 Å². The quantitative estimate of drug-likeness (QED) is 0.769. The second kappa shape index (κ2) is 8.06. The molecule has 8 heteroatoms. The van der Waals surface area contributed by atoms with Crippen molar-refractivity contribution in [3.05, 3.63) is 47.8 Å². The molecule has 2 fully saturated rings. The summed E-state index contributed by atoms with van der Waals surface area (Å²) in [5, 5.41) is 7.34. The van der Waals surface area contributed by atoms with Crippen molar-refractivity contribution in [1.29, 1.82) is 0 Å². The summed E-state index contributed by atoms with van der Waals surface area (Å²) < 4.78 is 1.39. The molecule has 8 nitrogen and oxygen atoms in total. The van der Waals surface area contributed by atoms with Crippen LogP contribution >= 0.6 is 0 Å². The first-order chi connectivity index (χ1) is 14.0. The van der Waals surface area contributed by atoms with Crippen LogP contribution in [-0.2, 0) is 4.79 Å². The SMILES string of the molecule is NC(=O)c1cc(C(=O)N2CCCC(C(=O)NCC3CC3)C2)nn1-c1ccccc1. The van der Waals surface area contributed by atoms with Crippen molar-refractivity contribution in [2.45, 2.75) is 25.7 Å². The van der Waals surface area contributed by atoms with E-state index in [1.165, 1.54) is 23.6 Å². The van der Waals surface area contributed by atoms with E-state index in [-0.39, 0.29) is 29.1 Å². The number of amides is 3. The van der Waals surface area contributed by atoms with Crippen molar-refractivity contribution >= 4 is 17.7 Å². The number of aromatic nitrogens is 2. The van der Waals surface area contributed by atoms with Crippen molar-refractivity contribution in [3.8, 4) is 5.69 Å². The Bertz CT molecular complexity index is 920. The zero-order valence-electron chi connectivity index (χ0n) is 16.2. The summed E-state index contributed by atoms with van der Waals surface area (Å²) in [6.45, 7) is 1.65. The molecule has 2 heterocycles. The molecule has 0 spiro atoms. The third-order valence-corrected chi connectivity index (χ3v) is 5.52. The van der Waals surface area contributed by atoms with Gasteiger partial charge in [-0.15, -0.1) is 0 Å². The smallest absolute Gasteiger partial charge is 0.274 e. The third kappa shape index (κ3) is 4.31. The Kier molecular flexibility index (Phi) is 5.33. The Morgan fingerprint density at radius 3 is 2.59 bits per heavy atom. The number of primary amides is 1. The fourth-order valence-electron chi connectivity index (χ4n) is 3.68. The van der Waals surface area contributed by atoms with E-state index in [4.69, 9.17) is 5.73 Å². The number of nitrogens with two attached hydrogens (primary N) is 1. The van der Waals surface area contributed by atoms with Crippen LogP contribution < -0.4 is 11.1 Å². The molecule has 3 amide bonds. The number of nitrogens with zero attached hydrogens (tertiary/aromatic N) is 3. The number of para-hydroxylation sites is 1. The molecule has 2 aromatic rings. The van der Waals surface area contributed by atoms with E-state index in [1.54, 1.807) is 17.0 Å². The van der Waals surface area contributed by atoms with Crippen molar-refractivity contribution in [2.75, 3.05) is 19.6 Å². The van der Waals surface area contributed by atoms with Crippen LogP contribution in [0.3, 0.4) is 0 Å². The lowest BCUT2D eigenvalue weighted by Crippen LogP contribution is -2.45. The highest BCUT2D eigenvalue weighted by atomic mass is 16.2. The van der Waals surface area contributed by atoms with Gasteiger partial charge in [-0.2, -0.15) is 5.10 Å². The average Bonchev–Trinajstić information content (AvgIpc) is 3.47. The molecule has 1 unspecified atom stereocenters. The zero-order valence-corrected chi connectivity index (χ0v) is 16.2. The first-order valence-corrected chi connectivity index (χ1v) is 10.0. The summed E-state index contributed by atoms with van der Waals surface area (Å²) in [4.78, 5) is 39.0. The van der Waals surface area contributed by atoms with E-state index in [0.717, 1.165) is 19.4 Å². The Morgan fingerprint density at radius 1 is 1.14 bits per heavy atom. The van der Waals surface area contributed by atoms with E-state index in [2.05, 4.69) is 10.4 Å². The van der Waals surface area contributed by atoms with Gasteiger partial charge < -0.3 is 16.0 Å². The second-order valence-corrected chi connectivity index (χ2v) is 7.81. The molecule has 4 rings (SSSR count). The molecule has 1 atom stereocenters. The lowest BCUT2D eigenvalue weighted by Gasteiger charge is -2.31. The molecular weight excluding hydrogens is 370 g/mol. The van der Waals surface area contributed by atoms with Crippen molar-refractivity contribution in [3.63, 3.8) is 0 Å². The standard InChI is InChI=1S/C21H25N5O3/c22-19(27)18-11-17(24-26(18)16-6-2-1-3-7-16)21(29)25-10-4-5-15(13-25)20(28)23-12-14-8-9-14/h1-3,6-7,11,14-15H,4-5,8-10,12-13H2,(H2,22,27)(H,23,28). The van der Waals surface area contributed by atoms with Crippen molar-refractivity contribution < 1.29 is 14.4 Å². The van der Waals surface area contributed by atoms with E-state index in [9.17, 15) is 14.4 Å². The Balaban J connectivity index is 1.49. The predicted molar refractivity (Wildman–Crippen MR) is 106 cm³/mol. The third-order valence-electron chi connectivity index (χ3n) is 5.52. The van der Waals surface area contributed by atoms with E-state index >= 15 is 0 Å². The molecule has 0 bridgehead atoms. The largest absolute Gasteiger partial charge is 0.364 e. The summed E-state index contributed by atoms with van der Waals surface area (Å²) in [7, 11) is 0. The predicted octanol–water partition coefficient (Wildman–Crippen LogP) is 1.35. The Hall–Kier alpha value is -3.16. The number of piperidine rings is 1. The topological polar surface area (TPSA) is 110 Å². The number of hydrogen-bond acceptors (Lipinski definition) is 4. The summed E-state index contributed by atoms with van der Waals surface area (Å²) >= 11 is 0. The Morgan fingerprint density at radius 2 is 1.90 bits per heavy atom. The number of carbonyl (C=O) groups excluding carboxylic acids is 3. The van der Waals surface area contributed by atoms with Crippen LogP contribution in [0, 0.1) is 11.8 Å². The molecule has 1 aliphatic carbocycles. The van der Waals surface area contributed by atoms with Crippen molar-refractivity contribution in [2.24, 2.45) is 17.6 Å². The highest BCUT2D eigenvalue weighted by Gasteiger charge is 2.31. The number of rotatable bonds is 6. The summed E-state index contributed by atoms with van der Waals surface area (Å²) in [5.74, 6) is -0.520. The minimum absolute atomic E-state index is 0.0158. The molecule has 152 valence electrons. The molecule has 1 aromatic carbocycles. The monoisotopic (exact) mass is 395 g/mol. The Labute approximate surface area is 169 Å². The van der Waals surface area contributed by atoms with Gasteiger partial charge in [-0.05, 0) is 43.7 Å². The number of carbonyl (C=O) groups is 3. The number of benzene rings is 1. The average molecular weight is 395 g/mol. The van der Waals surface area contributed by atoms with Crippen molar-refractivity contribution in [1.82, 2.24) is 20.0 Å². The van der Waals surface area contributed by atoms with Gasteiger partial charge in [-0.3, -0.25) is 14.4 Å². The lowest BCUT2D eigenvalue weighted by atomic mass is 9.96. The minimum atomic E-state index is -0.656.